The second kappa shape index (κ2) is 9.68. The number of anilines is 1. The molecule has 0 spiro atoms. The lowest BCUT2D eigenvalue weighted by Gasteiger charge is -2.19. The van der Waals surface area contributed by atoms with Crippen LogP contribution in [0.3, 0.4) is 0 Å². The van der Waals surface area contributed by atoms with Gasteiger partial charge < -0.3 is 10.1 Å². The Morgan fingerprint density at radius 2 is 1.90 bits per heavy atom. The standard InChI is InChI=1S/C18H20ClN3O6S/c1-3-21(4-2)29(26,27)15-8-9-17(16(19)11-15)28-12-18(23)20-13-6-5-7-14(10-13)22(24)25/h5-11H,3-4,12H2,1-2H3,(H,20,23). The van der Waals surface area contributed by atoms with Gasteiger partial charge in [0.25, 0.3) is 11.6 Å². The van der Waals surface area contributed by atoms with E-state index in [-0.39, 0.29) is 27.0 Å². The highest BCUT2D eigenvalue weighted by Gasteiger charge is 2.22. The summed E-state index contributed by atoms with van der Waals surface area (Å²) in [6.45, 7) is 3.71. The fourth-order valence-corrected chi connectivity index (χ4v) is 4.29. The Labute approximate surface area is 173 Å². The Kier molecular flexibility index (Phi) is 7.54. The number of carbonyl (C=O) groups excluding carboxylic acids is 1. The number of hydrogen-bond acceptors (Lipinski definition) is 6. The lowest BCUT2D eigenvalue weighted by molar-refractivity contribution is -0.384. The monoisotopic (exact) mass is 441 g/mol. The number of nitro groups is 1. The Morgan fingerprint density at radius 1 is 1.21 bits per heavy atom. The van der Waals surface area contributed by atoms with E-state index in [1.54, 1.807) is 13.8 Å². The van der Waals surface area contributed by atoms with Crippen LogP contribution in [0.2, 0.25) is 5.02 Å². The summed E-state index contributed by atoms with van der Waals surface area (Å²) in [6, 6.07) is 9.47. The maximum absolute atomic E-state index is 12.5. The Hall–Kier alpha value is -2.69. The van der Waals surface area contributed by atoms with Gasteiger partial charge in [0.05, 0.1) is 14.8 Å². The van der Waals surface area contributed by atoms with E-state index in [4.69, 9.17) is 16.3 Å². The topological polar surface area (TPSA) is 119 Å². The van der Waals surface area contributed by atoms with Crippen LogP contribution < -0.4 is 10.1 Å². The number of benzene rings is 2. The molecule has 0 aliphatic carbocycles. The van der Waals surface area contributed by atoms with Crippen molar-refractivity contribution in [2.75, 3.05) is 25.0 Å². The van der Waals surface area contributed by atoms with E-state index in [1.807, 2.05) is 0 Å². The molecule has 11 heteroatoms. The third-order valence-electron chi connectivity index (χ3n) is 3.95. The van der Waals surface area contributed by atoms with E-state index < -0.39 is 27.5 Å². The molecule has 0 bridgehead atoms. The van der Waals surface area contributed by atoms with Gasteiger partial charge in [0.15, 0.2) is 6.61 Å². The molecule has 2 aromatic rings. The van der Waals surface area contributed by atoms with Crippen molar-refractivity contribution in [1.29, 1.82) is 0 Å². The molecule has 0 atom stereocenters. The summed E-state index contributed by atoms with van der Waals surface area (Å²) < 4.78 is 31.7. The number of hydrogen-bond donors (Lipinski definition) is 1. The normalized spacial score (nSPS) is 11.3. The fourth-order valence-electron chi connectivity index (χ4n) is 2.51. The van der Waals surface area contributed by atoms with Crippen LogP contribution in [-0.2, 0) is 14.8 Å². The second-order valence-electron chi connectivity index (χ2n) is 5.83. The van der Waals surface area contributed by atoms with Crippen molar-refractivity contribution in [1.82, 2.24) is 4.31 Å². The molecule has 1 amide bonds. The molecule has 9 nitrogen and oxygen atoms in total. The van der Waals surface area contributed by atoms with E-state index in [0.717, 1.165) is 0 Å². The van der Waals surface area contributed by atoms with E-state index in [9.17, 15) is 23.3 Å². The second-order valence-corrected chi connectivity index (χ2v) is 8.17. The zero-order valence-electron chi connectivity index (χ0n) is 15.8. The number of nitrogens with zero attached hydrogens (tertiary/aromatic N) is 2. The molecule has 1 N–H and O–H groups in total. The van der Waals surface area contributed by atoms with Crippen LogP contribution in [0.15, 0.2) is 47.4 Å². The summed E-state index contributed by atoms with van der Waals surface area (Å²) in [4.78, 5) is 22.3. The maximum atomic E-state index is 12.5. The van der Waals surface area contributed by atoms with E-state index in [1.165, 1.54) is 46.8 Å². The van der Waals surface area contributed by atoms with Gasteiger partial charge in [-0.1, -0.05) is 31.5 Å². The van der Waals surface area contributed by atoms with Gasteiger partial charge in [0.1, 0.15) is 5.75 Å². The van der Waals surface area contributed by atoms with Gasteiger partial charge in [0.2, 0.25) is 10.0 Å². The van der Waals surface area contributed by atoms with Crippen LogP contribution in [-0.4, -0.2) is 43.2 Å². The number of amides is 1. The van der Waals surface area contributed by atoms with Gasteiger partial charge in [0, 0.05) is 30.9 Å². The summed E-state index contributed by atoms with van der Waals surface area (Å²) in [7, 11) is -3.66. The predicted octanol–water partition coefficient (Wildman–Crippen LogP) is 3.30. The van der Waals surface area contributed by atoms with Crippen molar-refractivity contribution in [2.45, 2.75) is 18.7 Å². The average molecular weight is 442 g/mol. The summed E-state index contributed by atoms with van der Waals surface area (Å²) in [6.07, 6.45) is 0. The van der Waals surface area contributed by atoms with Gasteiger partial charge >= 0.3 is 0 Å². The van der Waals surface area contributed by atoms with Gasteiger partial charge in [-0.05, 0) is 24.3 Å². The van der Waals surface area contributed by atoms with E-state index in [2.05, 4.69) is 5.32 Å². The average Bonchev–Trinajstić information content (AvgIpc) is 2.67. The Morgan fingerprint density at radius 3 is 2.48 bits per heavy atom. The van der Waals surface area contributed by atoms with Crippen LogP contribution in [0.5, 0.6) is 5.75 Å². The number of non-ortho nitro benzene ring substituents is 1. The molecule has 0 radical (unpaired) electrons. The Bertz CT molecular complexity index is 1010. The van der Waals surface area contributed by atoms with Gasteiger partial charge in [-0.15, -0.1) is 0 Å². The summed E-state index contributed by atoms with van der Waals surface area (Å²) in [5.41, 5.74) is 0.0938. The molecule has 0 saturated carbocycles. The minimum Gasteiger partial charge on any atom is -0.482 e. The molecule has 0 heterocycles. The van der Waals surface area contributed by atoms with Crippen LogP contribution in [0, 0.1) is 10.1 Å². The molecule has 0 fully saturated rings. The lowest BCUT2D eigenvalue weighted by atomic mass is 10.3. The van der Waals surface area contributed by atoms with Crippen LogP contribution >= 0.6 is 11.6 Å². The van der Waals surface area contributed by atoms with Crippen molar-refractivity contribution in [3.63, 3.8) is 0 Å². The third-order valence-corrected chi connectivity index (χ3v) is 6.29. The molecule has 0 aliphatic rings. The highest BCUT2D eigenvalue weighted by molar-refractivity contribution is 7.89. The van der Waals surface area contributed by atoms with Crippen molar-refractivity contribution in [2.24, 2.45) is 0 Å². The first-order chi connectivity index (χ1) is 13.7. The molecule has 29 heavy (non-hydrogen) atoms. The highest BCUT2D eigenvalue weighted by atomic mass is 35.5. The summed E-state index contributed by atoms with van der Waals surface area (Å²) in [5.74, 6) is -0.416. The minimum atomic E-state index is -3.66. The van der Waals surface area contributed by atoms with Crippen molar-refractivity contribution < 1.29 is 22.9 Å². The molecule has 0 aliphatic heterocycles. The number of ether oxygens (including phenoxy) is 1. The molecule has 0 saturated heterocycles. The van der Waals surface area contributed by atoms with Crippen molar-refractivity contribution in [3.05, 3.63) is 57.6 Å². The highest BCUT2D eigenvalue weighted by Crippen LogP contribution is 2.28. The van der Waals surface area contributed by atoms with Gasteiger partial charge in [-0.2, -0.15) is 4.31 Å². The molecular weight excluding hydrogens is 422 g/mol. The van der Waals surface area contributed by atoms with Gasteiger partial charge in [-0.25, -0.2) is 8.42 Å². The number of nitro benzene ring substituents is 1. The molecule has 2 aromatic carbocycles. The summed E-state index contributed by atoms with van der Waals surface area (Å²) >= 11 is 6.11. The first-order valence-electron chi connectivity index (χ1n) is 8.65. The largest absolute Gasteiger partial charge is 0.482 e. The fraction of sp³-hybridized carbons (Fsp3) is 0.278. The third kappa shape index (κ3) is 5.66. The first-order valence-corrected chi connectivity index (χ1v) is 10.5. The van der Waals surface area contributed by atoms with Crippen molar-refractivity contribution in [3.8, 4) is 5.75 Å². The molecular formula is C18H20ClN3O6S. The number of rotatable bonds is 9. The zero-order chi connectivity index (χ0) is 21.6. The Balaban J connectivity index is 2.05. The zero-order valence-corrected chi connectivity index (χ0v) is 17.4. The van der Waals surface area contributed by atoms with E-state index >= 15 is 0 Å². The van der Waals surface area contributed by atoms with Crippen LogP contribution in [0.25, 0.3) is 0 Å². The van der Waals surface area contributed by atoms with E-state index in [0.29, 0.717) is 13.1 Å². The molecule has 0 aromatic heterocycles. The number of nitrogens with one attached hydrogen (secondary N) is 1. The van der Waals surface area contributed by atoms with Crippen molar-refractivity contribution >= 4 is 38.9 Å². The lowest BCUT2D eigenvalue weighted by Crippen LogP contribution is -2.30. The smallest absolute Gasteiger partial charge is 0.271 e. The predicted molar refractivity (Wildman–Crippen MR) is 109 cm³/mol. The summed E-state index contributed by atoms with van der Waals surface area (Å²) in [5, 5.41) is 13.3. The van der Waals surface area contributed by atoms with Crippen LogP contribution in [0.1, 0.15) is 13.8 Å². The molecule has 156 valence electrons. The minimum absolute atomic E-state index is 0.0274. The molecule has 0 unspecified atom stereocenters. The van der Waals surface area contributed by atoms with Crippen LogP contribution in [0.4, 0.5) is 11.4 Å². The number of carbonyl (C=O) groups is 1. The SMILES string of the molecule is CCN(CC)S(=O)(=O)c1ccc(OCC(=O)Nc2cccc([N+](=O)[O-])c2)c(Cl)c1. The number of halogens is 1. The van der Waals surface area contributed by atoms with Gasteiger partial charge in [-0.3, -0.25) is 14.9 Å². The molecule has 2 rings (SSSR count). The quantitative estimate of drug-likeness (QED) is 0.471. The number of sulfonamides is 1. The maximum Gasteiger partial charge on any atom is 0.271 e. The first kappa shape index (κ1) is 22.6.